The lowest BCUT2D eigenvalue weighted by atomic mass is 10.1. The Morgan fingerprint density at radius 2 is 2.14 bits per heavy atom. The van der Waals surface area contributed by atoms with Crippen molar-refractivity contribution in [3.63, 3.8) is 0 Å². The first kappa shape index (κ1) is 7.75. The normalized spacial score (nSPS) is 24.0. The second-order valence-electron chi connectivity index (χ2n) is 3.04. The number of rotatable bonds is 0. The summed E-state index contributed by atoms with van der Waals surface area (Å²) in [5.74, 6) is 1.48. The third kappa shape index (κ3) is 1.13. The van der Waals surface area contributed by atoms with Gasteiger partial charge in [0.1, 0.15) is 12.1 Å². The molecular formula is C9H8N2O3. The van der Waals surface area contributed by atoms with Crippen molar-refractivity contribution in [1.82, 2.24) is 0 Å². The molecule has 0 atom stereocenters. The zero-order valence-corrected chi connectivity index (χ0v) is 7.40. The van der Waals surface area contributed by atoms with Crippen molar-refractivity contribution in [2.45, 2.75) is 6.42 Å². The summed E-state index contributed by atoms with van der Waals surface area (Å²) in [6.07, 6.45) is 4.00. The van der Waals surface area contributed by atoms with Gasteiger partial charge in [0.05, 0.1) is 17.8 Å². The predicted octanol–water partition coefficient (Wildman–Crippen LogP) is 0.947. The molecule has 5 heteroatoms. The number of allylic oxidation sites excluding steroid dienone is 3. The molecule has 0 fully saturated rings. The summed E-state index contributed by atoms with van der Waals surface area (Å²) in [7, 11) is 0. The van der Waals surface area contributed by atoms with Crippen LogP contribution in [0.3, 0.4) is 0 Å². The molecule has 0 unspecified atom stereocenters. The van der Waals surface area contributed by atoms with E-state index in [2.05, 4.69) is 9.98 Å². The smallest absolute Gasteiger partial charge is 0.192 e. The van der Waals surface area contributed by atoms with Gasteiger partial charge >= 0.3 is 0 Å². The van der Waals surface area contributed by atoms with Crippen LogP contribution in [0.1, 0.15) is 6.42 Å². The van der Waals surface area contributed by atoms with Gasteiger partial charge in [-0.05, 0) is 0 Å². The van der Waals surface area contributed by atoms with Crippen LogP contribution >= 0.6 is 0 Å². The van der Waals surface area contributed by atoms with Crippen molar-refractivity contribution in [3.8, 4) is 0 Å². The zero-order chi connectivity index (χ0) is 9.38. The summed E-state index contributed by atoms with van der Waals surface area (Å²) in [6.45, 7) is 0.453. The van der Waals surface area contributed by atoms with Crippen LogP contribution in [-0.4, -0.2) is 25.6 Å². The average Bonchev–Trinajstić information content (AvgIpc) is 2.51. The highest BCUT2D eigenvalue weighted by atomic mass is 16.8. The van der Waals surface area contributed by atoms with Crippen LogP contribution in [0.25, 0.3) is 0 Å². The molecule has 0 spiro atoms. The molecule has 0 aromatic rings. The largest absolute Gasteiger partial charge is 0.467 e. The van der Waals surface area contributed by atoms with Gasteiger partial charge in [0.15, 0.2) is 19.3 Å². The van der Waals surface area contributed by atoms with Crippen molar-refractivity contribution in [2.75, 3.05) is 13.6 Å². The van der Waals surface area contributed by atoms with E-state index in [4.69, 9.17) is 14.2 Å². The second-order valence-corrected chi connectivity index (χ2v) is 3.04. The Hall–Kier alpha value is -1.62. The number of ether oxygens (including phenoxy) is 3. The molecule has 0 saturated carbocycles. The maximum Gasteiger partial charge on any atom is 0.192 e. The van der Waals surface area contributed by atoms with Gasteiger partial charge < -0.3 is 14.2 Å². The van der Waals surface area contributed by atoms with Gasteiger partial charge in [0.25, 0.3) is 0 Å². The van der Waals surface area contributed by atoms with E-state index in [0.717, 1.165) is 17.2 Å². The molecule has 0 saturated heterocycles. The van der Waals surface area contributed by atoms with Gasteiger partial charge in [-0.15, -0.1) is 0 Å². The van der Waals surface area contributed by atoms with Gasteiger partial charge in [-0.3, -0.25) is 0 Å². The molecule has 3 aliphatic rings. The van der Waals surface area contributed by atoms with Crippen molar-refractivity contribution >= 4 is 12.1 Å². The van der Waals surface area contributed by atoms with Gasteiger partial charge in [-0.1, -0.05) is 0 Å². The lowest BCUT2D eigenvalue weighted by Gasteiger charge is -2.14. The van der Waals surface area contributed by atoms with Crippen LogP contribution in [0.4, 0.5) is 0 Å². The van der Waals surface area contributed by atoms with Gasteiger partial charge in [-0.25, -0.2) is 9.98 Å². The molecule has 2 heterocycles. The van der Waals surface area contributed by atoms with Crippen molar-refractivity contribution in [1.29, 1.82) is 0 Å². The Kier molecular flexibility index (Phi) is 1.63. The van der Waals surface area contributed by atoms with Crippen LogP contribution in [0, 0.1) is 0 Å². The third-order valence-electron chi connectivity index (χ3n) is 2.19. The fraction of sp³-hybridized carbons (Fsp3) is 0.333. The van der Waals surface area contributed by atoms with Crippen molar-refractivity contribution < 1.29 is 14.2 Å². The van der Waals surface area contributed by atoms with Crippen LogP contribution in [0.15, 0.2) is 33.3 Å². The van der Waals surface area contributed by atoms with E-state index in [-0.39, 0.29) is 13.6 Å². The first-order chi connectivity index (χ1) is 6.93. The number of fused-ring (bicyclic) bond motifs is 1. The van der Waals surface area contributed by atoms with Crippen LogP contribution in [0.5, 0.6) is 0 Å². The van der Waals surface area contributed by atoms with Gasteiger partial charge in [0.2, 0.25) is 0 Å². The monoisotopic (exact) mass is 192 g/mol. The predicted molar refractivity (Wildman–Crippen MR) is 48.6 cm³/mol. The summed E-state index contributed by atoms with van der Waals surface area (Å²) in [6, 6.07) is 0. The van der Waals surface area contributed by atoms with E-state index in [9.17, 15) is 0 Å². The van der Waals surface area contributed by atoms with Crippen LogP contribution in [0.2, 0.25) is 0 Å². The molecule has 0 amide bonds. The Morgan fingerprint density at radius 1 is 1.21 bits per heavy atom. The van der Waals surface area contributed by atoms with Crippen LogP contribution < -0.4 is 0 Å². The molecule has 2 aliphatic heterocycles. The summed E-state index contributed by atoms with van der Waals surface area (Å²) < 4.78 is 15.7. The van der Waals surface area contributed by atoms with Crippen LogP contribution in [-0.2, 0) is 14.2 Å². The maximum atomic E-state index is 5.37. The average molecular weight is 192 g/mol. The minimum absolute atomic E-state index is 0.221. The lowest BCUT2D eigenvalue weighted by molar-refractivity contribution is -0.0740. The number of hydrogen-bond acceptors (Lipinski definition) is 5. The van der Waals surface area contributed by atoms with E-state index in [0.29, 0.717) is 12.2 Å². The van der Waals surface area contributed by atoms with E-state index in [1.54, 1.807) is 6.34 Å². The van der Waals surface area contributed by atoms with E-state index >= 15 is 0 Å². The summed E-state index contributed by atoms with van der Waals surface area (Å²) in [4.78, 5) is 8.23. The van der Waals surface area contributed by atoms with E-state index in [1.165, 1.54) is 0 Å². The second kappa shape index (κ2) is 2.95. The molecule has 0 N–H and O–H groups in total. The summed E-state index contributed by atoms with van der Waals surface area (Å²) in [5.41, 5.74) is 1.78. The Labute approximate surface area is 80.4 Å². The number of nitrogens with zero attached hydrogens (tertiary/aromatic N) is 2. The Morgan fingerprint density at radius 3 is 3.14 bits per heavy atom. The van der Waals surface area contributed by atoms with E-state index in [1.807, 2.05) is 6.08 Å². The quantitative estimate of drug-likeness (QED) is 0.574. The lowest BCUT2D eigenvalue weighted by Crippen LogP contribution is -2.10. The van der Waals surface area contributed by atoms with Crippen molar-refractivity contribution in [2.24, 2.45) is 9.98 Å². The van der Waals surface area contributed by atoms with Crippen molar-refractivity contribution in [3.05, 3.63) is 23.3 Å². The first-order valence-corrected chi connectivity index (χ1v) is 4.31. The first-order valence-electron chi connectivity index (χ1n) is 4.31. The highest BCUT2D eigenvalue weighted by Gasteiger charge is 2.24. The molecule has 5 nitrogen and oxygen atoms in total. The SMILES string of the molecule is C1=NC2=CC3=C(CC2=N1)OCOCO3. The number of hydrogen-bond donors (Lipinski definition) is 0. The maximum absolute atomic E-state index is 5.37. The fourth-order valence-corrected chi connectivity index (χ4v) is 1.50. The molecule has 0 aromatic heterocycles. The molecule has 1 aliphatic carbocycles. The standard InChI is InChI=1S/C9H8N2O3/c1-6-7(11-3-10-6)2-9-8(1)13-4-12-5-14-9/h1,3H,2,4-5H2. The molecule has 0 aromatic carbocycles. The van der Waals surface area contributed by atoms with Gasteiger partial charge in [-0.2, -0.15) is 0 Å². The molecule has 3 rings (SSSR count). The molecule has 14 heavy (non-hydrogen) atoms. The highest BCUT2D eigenvalue weighted by molar-refractivity contribution is 6.09. The summed E-state index contributed by atoms with van der Waals surface area (Å²) in [5, 5.41) is 0. The Bertz CT molecular complexity index is 393. The van der Waals surface area contributed by atoms with E-state index < -0.39 is 0 Å². The topological polar surface area (TPSA) is 52.4 Å². The Balaban J connectivity index is 1.98. The summed E-state index contributed by atoms with van der Waals surface area (Å²) >= 11 is 0. The minimum atomic E-state index is 0.221. The van der Waals surface area contributed by atoms with Gasteiger partial charge in [0, 0.05) is 6.08 Å². The molecular weight excluding hydrogens is 184 g/mol. The molecule has 0 radical (unpaired) electrons. The minimum Gasteiger partial charge on any atom is -0.467 e. The number of aliphatic imine (C=N–C) groups is 2. The molecule has 72 valence electrons. The highest BCUT2D eigenvalue weighted by Crippen LogP contribution is 2.27. The zero-order valence-electron chi connectivity index (χ0n) is 7.40. The molecule has 0 bridgehead atoms. The fourth-order valence-electron chi connectivity index (χ4n) is 1.50. The third-order valence-corrected chi connectivity index (χ3v) is 2.19.